The number of pyridine rings is 1. The fourth-order valence-electron chi connectivity index (χ4n) is 2.17. The molecule has 0 aliphatic heterocycles. The lowest BCUT2D eigenvalue weighted by Gasteiger charge is -2.21. The Morgan fingerprint density at radius 2 is 2.24 bits per heavy atom. The van der Waals surface area contributed by atoms with Gasteiger partial charge in [0.2, 0.25) is 10.0 Å². The molecule has 3 rings (SSSR count). The predicted molar refractivity (Wildman–Crippen MR) is 83.9 cm³/mol. The van der Waals surface area contributed by atoms with E-state index in [4.69, 9.17) is 0 Å². The van der Waals surface area contributed by atoms with Crippen LogP contribution in [-0.2, 0) is 16.6 Å². The molecule has 0 bridgehead atoms. The first-order chi connectivity index (χ1) is 10.1. The van der Waals surface area contributed by atoms with E-state index >= 15 is 0 Å². The zero-order chi connectivity index (χ0) is 14.9. The molecule has 0 radical (unpaired) electrons. The first-order valence-corrected chi connectivity index (χ1v) is 9.11. The lowest BCUT2D eigenvalue weighted by atomic mass is 10.4. The fraction of sp³-hybridized carbons (Fsp3) is 0.357. The van der Waals surface area contributed by atoms with Gasteiger partial charge in [0.1, 0.15) is 5.82 Å². The molecule has 2 aromatic rings. The molecule has 2 heterocycles. The minimum atomic E-state index is -3.49. The van der Waals surface area contributed by atoms with Crippen molar-refractivity contribution < 1.29 is 8.42 Å². The van der Waals surface area contributed by atoms with Crippen LogP contribution in [0.1, 0.15) is 17.7 Å². The lowest BCUT2D eigenvalue weighted by Crippen LogP contribution is -2.32. The molecule has 1 aliphatic rings. The van der Waals surface area contributed by atoms with Crippen molar-refractivity contribution in [3.05, 3.63) is 40.7 Å². The highest BCUT2D eigenvalue weighted by Gasteiger charge is 2.38. The zero-order valence-electron chi connectivity index (χ0n) is 11.7. The van der Waals surface area contributed by atoms with Crippen LogP contribution in [0.4, 0.5) is 5.82 Å². The maximum atomic E-state index is 12.9. The van der Waals surface area contributed by atoms with Gasteiger partial charge in [0, 0.05) is 36.8 Å². The molecule has 0 spiro atoms. The molecule has 2 aromatic heterocycles. The molecule has 0 saturated heterocycles. The smallest absolute Gasteiger partial charge is 0.243 e. The summed E-state index contributed by atoms with van der Waals surface area (Å²) in [6, 6.07) is 7.19. The van der Waals surface area contributed by atoms with E-state index in [0.717, 1.165) is 17.7 Å². The van der Waals surface area contributed by atoms with Crippen molar-refractivity contribution >= 4 is 27.2 Å². The number of rotatable bonds is 6. The topological polar surface area (TPSA) is 62.3 Å². The molecule has 0 amide bonds. The van der Waals surface area contributed by atoms with Gasteiger partial charge in [0.25, 0.3) is 0 Å². The quantitative estimate of drug-likeness (QED) is 0.887. The number of thiophene rings is 1. The largest absolute Gasteiger partial charge is 0.373 e. The third-order valence-corrected chi connectivity index (χ3v) is 6.20. The molecular formula is C14H17N3O2S2. The minimum absolute atomic E-state index is 0.128. The number of hydrogen-bond acceptors (Lipinski definition) is 5. The Kier molecular flexibility index (Phi) is 3.97. The maximum Gasteiger partial charge on any atom is 0.243 e. The Hall–Kier alpha value is -1.44. The Bertz CT molecular complexity index is 710. The average molecular weight is 323 g/mol. The molecule has 21 heavy (non-hydrogen) atoms. The first-order valence-electron chi connectivity index (χ1n) is 6.79. The van der Waals surface area contributed by atoms with Gasteiger partial charge in [-0.15, -0.1) is 11.3 Å². The average Bonchev–Trinajstić information content (AvgIpc) is 3.20. The highest BCUT2D eigenvalue weighted by molar-refractivity contribution is 7.89. The second-order valence-electron chi connectivity index (χ2n) is 4.99. The monoisotopic (exact) mass is 323 g/mol. The van der Waals surface area contributed by atoms with Crippen molar-refractivity contribution in [2.24, 2.45) is 0 Å². The van der Waals surface area contributed by atoms with Crippen LogP contribution in [0, 0.1) is 0 Å². The van der Waals surface area contributed by atoms with Gasteiger partial charge in [-0.1, -0.05) is 6.07 Å². The van der Waals surface area contributed by atoms with Gasteiger partial charge in [-0.05, 0) is 30.4 Å². The van der Waals surface area contributed by atoms with Crippen molar-refractivity contribution in [2.75, 3.05) is 12.4 Å². The third kappa shape index (κ3) is 3.09. The van der Waals surface area contributed by atoms with Crippen LogP contribution in [0.25, 0.3) is 0 Å². The van der Waals surface area contributed by atoms with Crippen LogP contribution in [0.3, 0.4) is 0 Å². The lowest BCUT2D eigenvalue weighted by molar-refractivity contribution is 0.401. The second kappa shape index (κ2) is 5.75. The maximum absolute atomic E-state index is 12.9. The standard InChI is InChI=1S/C14H17N3O2S2/c1-15-14-9-13(6-7-16-14)21(18,19)17(11-4-5-11)10-12-3-2-8-20-12/h2-3,6-9,11H,4-5,10H2,1H3,(H,15,16). The highest BCUT2D eigenvalue weighted by atomic mass is 32.2. The summed E-state index contributed by atoms with van der Waals surface area (Å²) in [4.78, 5) is 5.43. The summed E-state index contributed by atoms with van der Waals surface area (Å²) in [7, 11) is -1.76. The van der Waals surface area contributed by atoms with Crippen LogP contribution < -0.4 is 5.32 Å². The summed E-state index contributed by atoms with van der Waals surface area (Å²) >= 11 is 1.58. The number of aromatic nitrogens is 1. The molecule has 0 aromatic carbocycles. The Morgan fingerprint density at radius 3 is 2.86 bits per heavy atom. The molecule has 1 aliphatic carbocycles. The van der Waals surface area contributed by atoms with Gasteiger partial charge in [0.05, 0.1) is 4.90 Å². The molecular weight excluding hydrogens is 306 g/mol. The van der Waals surface area contributed by atoms with Crippen LogP contribution in [-0.4, -0.2) is 30.8 Å². The van der Waals surface area contributed by atoms with Crippen LogP contribution in [0.2, 0.25) is 0 Å². The first kappa shape index (κ1) is 14.5. The van der Waals surface area contributed by atoms with E-state index in [1.54, 1.807) is 34.8 Å². The van der Waals surface area contributed by atoms with Crippen molar-refractivity contribution in [1.29, 1.82) is 0 Å². The third-order valence-electron chi connectivity index (χ3n) is 3.44. The highest BCUT2D eigenvalue weighted by Crippen LogP contribution is 2.34. The molecule has 7 heteroatoms. The number of nitrogens with zero attached hydrogens (tertiary/aromatic N) is 2. The molecule has 0 unspecified atom stereocenters. The van der Waals surface area contributed by atoms with Crippen molar-refractivity contribution in [1.82, 2.24) is 9.29 Å². The fourth-order valence-corrected chi connectivity index (χ4v) is 4.63. The van der Waals surface area contributed by atoms with E-state index in [1.165, 1.54) is 6.20 Å². The number of anilines is 1. The summed E-state index contributed by atoms with van der Waals surface area (Å²) in [6.07, 6.45) is 3.40. The summed E-state index contributed by atoms with van der Waals surface area (Å²) in [5.41, 5.74) is 0. The van der Waals surface area contributed by atoms with E-state index in [0.29, 0.717) is 17.3 Å². The molecule has 1 saturated carbocycles. The molecule has 1 N–H and O–H groups in total. The summed E-state index contributed by atoms with van der Waals surface area (Å²) in [5, 5.41) is 4.85. The van der Waals surface area contributed by atoms with Gasteiger partial charge in [-0.3, -0.25) is 0 Å². The molecule has 112 valence electrons. The van der Waals surface area contributed by atoms with E-state index in [-0.39, 0.29) is 6.04 Å². The molecule has 5 nitrogen and oxygen atoms in total. The molecule has 1 fully saturated rings. The van der Waals surface area contributed by atoms with Gasteiger partial charge in [-0.25, -0.2) is 13.4 Å². The normalized spacial score (nSPS) is 15.3. The van der Waals surface area contributed by atoms with Crippen LogP contribution in [0.5, 0.6) is 0 Å². The van der Waals surface area contributed by atoms with E-state index < -0.39 is 10.0 Å². The second-order valence-corrected chi connectivity index (χ2v) is 7.91. The van der Waals surface area contributed by atoms with E-state index in [1.807, 2.05) is 17.5 Å². The van der Waals surface area contributed by atoms with Crippen LogP contribution in [0.15, 0.2) is 40.7 Å². The van der Waals surface area contributed by atoms with Gasteiger partial charge in [-0.2, -0.15) is 4.31 Å². The number of sulfonamides is 1. The van der Waals surface area contributed by atoms with Crippen LogP contribution >= 0.6 is 11.3 Å². The Balaban J connectivity index is 1.93. The summed E-state index contributed by atoms with van der Waals surface area (Å²) in [6.45, 7) is 0.446. The Labute approximate surface area is 128 Å². The zero-order valence-corrected chi connectivity index (χ0v) is 13.3. The minimum Gasteiger partial charge on any atom is -0.373 e. The van der Waals surface area contributed by atoms with Crippen molar-refractivity contribution in [3.8, 4) is 0 Å². The van der Waals surface area contributed by atoms with E-state index in [2.05, 4.69) is 10.3 Å². The predicted octanol–water partition coefficient (Wildman–Crippen LogP) is 2.54. The van der Waals surface area contributed by atoms with Gasteiger partial charge < -0.3 is 5.32 Å². The van der Waals surface area contributed by atoms with E-state index in [9.17, 15) is 8.42 Å². The Morgan fingerprint density at radius 1 is 1.43 bits per heavy atom. The summed E-state index contributed by atoms with van der Waals surface area (Å²) < 4.78 is 27.4. The van der Waals surface area contributed by atoms with Gasteiger partial charge >= 0.3 is 0 Å². The van der Waals surface area contributed by atoms with Gasteiger partial charge in [0.15, 0.2) is 0 Å². The van der Waals surface area contributed by atoms with Crippen molar-refractivity contribution in [2.45, 2.75) is 30.3 Å². The SMILES string of the molecule is CNc1cc(S(=O)(=O)N(Cc2cccs2)C2CC2)ccn1. The molecule has 0 atom stereocenters. The summed E-state index contributed by atoms with van der Waals surface area (Å²) in [5.74, 6) is 0.558. The number of hydrogen-bond donors (Lipinski definition) is 1. The number of nitrogens with one attached hydrogen (secondary N) is 1. The van der Waals surface area contributed by atoms with Crippen molar-refractivity contribution in [3.63, 3.8) is 0 Å².